The number of hydrogen-bond acceptors (Lipinski definition) is 4. The normalized spacial score (nSPS) is 16.9. The molecule has 2 aromatic heterocycles. The Kier molecular flexibility index (Phi) is 5.21. The number of amides is 2. The van der Waals surface area contributed by atoms with Crippen molar-refractivity contribution in [1.82, 2.24) is 25.4 Å². The molecule has 0 radical (unpaired) electrons. The van der Waals surface area contributed by atoms with Gasteiger partial charge in [0.05, 0.1) is 5.69 Å². The van der Waals surface area contributed by atoms with Crippen molar-refractivity contribution in [2.24, 2.45) is 7.05 Å². The molecule has 3 heterocycles. The van der Waals surface area contributed by atoms with Crippen molar-refractivity contribution >= 4 is 11.8 Å². The number of urea groups is 1. The maximum absolute atomic E-state index is 12.1. The number of carbonyl (C=O) groups excluding carboxylic acids is 1. The van der Waals surface area contributed by atoms with E-state index in [9.17, 15) is 4.79 Å². The van der Waals surface area contributed by atoms with Crippen molar-refractivity contribution in [2.45, 2.75) is 32.7 Å². The van der Waals surface area contributed by atoms with E-state index in [-0.39, 0.29) is 12.1 Å². The van der Waals surface area contributed by atoms with Gasteiger partial charge in [0.2, 0.25) is 0 Å². The molecule has 0 bridgehead atoms. The number of nitrogens with zero attached hydrogens (tertiary/aromatic N) is 4. The Balaban J connectivity index is 1.43. The van der Waals surface area contributed by atoms with Crippen molar-refractivity contribution in [3.05, 3.63) is 41.3 Å². The van der Waals surface area contributed by atoms with Gasteiger partial charge in [0.1, 0.15) is 5.82 Å². The predicted octanol–water partition coefficient (Wildman–Crippen LogP) is 1.55. The van der Waals surface area contributed by atoms with Gasteiger partial charge in [0, 0.05) is 44.6 Å². The van der Waals surface area contributed by atoms with Crippen LogP contribution in [0.2, 0.25) is 0 Å². The molecular weight excluding hydrogens is 316 g/mol. The molecule has 0 aromatic carbocycles. The molecule has 1 fully saturated rings. The summed E-state index contributed by atoms with van der Waals surface area (Å²) in [5.41, 5.74) is 3.40. The Morgan fingerprint density at radius 3 is 2.88 bits per heavy atom. The topological polar surface area (TPSA) is 75.1 Å². The molecule has 25 heavy (non-hydrogen) atoms. The van der Waals surface area contributed by atoms with E-state index >= 15 is 0 Å². The molecule has 2 amide bonds. The molecule has 1 saturated heterocycles. The first-order chi connectivity index (χ1) is 12.0. The second-order valence-corrected chi connectivity index (χ2v) is 6.54. The van der Waals surface area contributed by atoms with E-state index < -0.39 is 0 Å². The lowest BCUT2D eigenvalue weighted by molar-refractivity contribution is 0.238. The molecule has 0 saturated carbocycles. The summed E-state index contributed by atoms with van der Waals surface area (Å²) in [5.74, 6) is 0.967. The summed E-state index contributed by atoms with van der Waals surface area (Å²) in [6.07, 6.45) is 3.53. The molecule has 2 aromatic rings. The van der Waals surface area contributed by atoms with E-state index in [1.54, 1.807) is 6.20 Å². The second kappa shape index (κ2) is 7.55. The minimum atomic E-state index is -0.105. The average Bonchev–Trinajstić information content (AvgIpc) is 3.15. The van der Waals surface area contributed by atoms with Gasteiger partial charge >= 0.3 is 6.03 Å². The van der Waals surface area contributed by atoms with Gasteiger partial charge < -0.3 is 15.5 Å². The number of hydrogen-bond donors (Lipinski definition) is 2. The van der Waals surface area contributed by atoms with Gasteiger partial charge in [0.15, 0.2) is 0 Å². The highest BCUT2D eigenvalue weighted by molar-refractivity contribution is 5.74. The van der Waals surface area contributed by atoms with Crippen molar-refractivity contribution in [2.75, 3.05) is 24.5 Å². The van der Waals surface area contributed by atoms with E-state index in [0.717, 1.165) is 43.1 Å². The van der Waals surface area contributed by atoms with Crippen LogP contribution in [0.4, 0.5) is 10.6 Å². The van der Waals surface area contributed by atoms with Gasteiger partial charge in [-0.25, -0.2) is 9.78 Å². The second-order valence-electron chi connectivity index (χ2n) is 6.54. The minimum absolute atomic E-state index is 0.105. The van der Waals surface area contributed by atoms with Gasteiger partial charge in [-0.1, -0.05) is 6.07 Å². The molecule has 0 spiro atoms. The lowest BCUT2D eigenvalue weighted by Crippen LogP contribution is -2.44. The van der Waals surface area contributed by atoms with Crippen LogP contribution in [0.3, 0.4) is 0 Å². The Labute approximate surface area is 148 Å². The molecule has 7 heteroatoms. The van der Waals surface area contributed by atoms with Crippen LogP contribution in [0.5, 0.6) is 0 Å². The van der Waals surface area contributed by atoms with Crippen LogP contribution < -0.4 is 15.5 Å². The number of pyridine rings is 1. The monoisotopic (exact) mass is 342 g/mol. The van der Waals surface area contributed by atoms with E-state index in [0.29, 0.717) is 6.54 Å². The molecule has 1 aliphatic rings. The Morgan fingerprint density at radius 1 is 1.36 bits per heavy atom. The first kappa shape index (κ1) is 17.3. The van der Waals surface area contributed by atoms with Crippen LogP contribution in [-0.2, 0) is 13.5 Å². The van der Waals surface area contributed by atoms with Crippen LogP contribution >= 0.6 is 0 Å². The number of carbonyl (C=O) groups is 1. The van der Waals surface area contributed by atoms with Crippen LogP contribution in [0.1, 0.15) is 23.4 Å². The van der Waals surface area contributed by atoms with Crippen LogP contribution in [0.15, 0.2) is 24.4 Å². The molecule has 134 valence electrons. The SMILES string of the molecule is Cc1nn(C)c(C)c1CCNC(=O)N[C@@H]1CCN(c2ccccn2)C1. The maximum Gasteiger partial charge on any atom is 0.315 e. The van der Waals surface area contributed by atoms with Gasteiger partial charge in [-0.3, -0.25) is 4.68 Å². The fourth-order valence-corrected chi connectivity index (χ4v) is 3.34. The summed E-state index contributed by atoms with van der Waals surface area (Å²) in [6, 6.07) is 5.95. The lowest BCUT2D eigenvalue weighted by atomic mass is 10.1. The molecule has 0 unspecified atom stereocenters. The van der Waals surface area contributed by atoms with Gasteiger partial charge in [-0.05, 0) is 44.4 Å². The quantitative estimate of drug-likeness (QED) is 0.865. The van der Waals surface area contributed by atoms with Crippen LogP contribution in [0.25, 0.3) is 0 Å². The molecule has 1 aliphatic heterocycles. The maximum atomic E-state index is 12.1. The molecule has 2 N–H and O–H groups in total. The molecule has 1 atom stereocenters. The Bertz CT molecular complexity index is 727. The predicted molar refractivity (Wildman–Crippen MR) is 97.8 cm³/mol. The largest absolute Gasteiger partial charge is 0.354 e. The zero-order valence-electron chi connectivity index (χ0n) is 15.1. The minimum Gasteiger partial charge on any atom is -0.354 e. The van der Waals surface area contributed by atoms with E-state index in [1.807, 2.05) is 36.9 Å². The fourth-order valence-electron chi connectivity index (χ4n) is 3.34. The summed E-state index contributed by atoms with van der Waals surface area (Å²) in [4.78, 5) is 18.7. The van der Waals surface area contributed by atoms with Crippen LogP contribution in [0, 0.1) is 13.8 Å². The summed E-state index contributed by atoms with van der Waals surface area (Å²) in [6.45, 7) is 6.38. The van der Waals surface area contributed by atoms with Crippen molar-refractivity contribution in [3.8, 4) is 0 Å². The third-order valence-electron chi connectivity index (χ3n) is 4.82. The van der Waals surface area contributed by atoms with Crippen molar-refractivity contribution in [1.29, 1.82) is 0 Å². The summed E-state index contributed by atoms with van der Waals surface area (Å²) < 4.78 is 1.88. The number of nitrogens with one attached hydrogen (secondary N) is 2. The average molecular weight is 342 g/mol. The lowest BCUT2D eigenvalue weighted by Gasteiger charge is -2.18. The van der Waals surface area contributed by atoms with E-state index in [1.165, 1.54) is 5.56 Å². The third kappa shape index (κ3) is 4.10. The van der Waals surface area contributed by atoms with E-state index in [2.05, 4.69) is 32.5 Å². The summed E-state index contributed by atoms with van der Waals surface area (Å²) in [7, 11) is 1.94. The van der Waals surface area contributed by atoms with Crippen molar-refractivity contribution in [3.63, 3.8) is 0 Å². The third-order valence-corrected chi connectivity index (χ3v) is 4.82. The van der Waals surface area contributed by atoms with Gasteiger partial charge in [-0.15, -0.1) is 0 Å². The number of rotatable bonds is 5. The first-order valence-corrected chi connectivity index (χ1v) is 8.74. The number of aryl methyl sites for hydroxylation is 2. The Morgan fingerprint density at radius 2 is 2.20 bits per heavy atom. The smallest absolute Gasteiger partial charge is 0.315 e. The zero-order chi connectivity index (χ0) is 17.8. The first-order valence-electron chi connectivity index (χ1n) is 8.74. The number of aromatic nitrogens is 3. The van der Waals surface area contributed by atoms with E-state index in [4.69, 9.17) is 0 Å². The van der Waals surface area contributed by atoms with Crippen molar-refractivity contribution < 1.29 is 4.79 Å². The standard InChI is InChI=1S/C18H26N6O/c1-13-16(14(2)23(3)22-13)7-10-20-18(25)21-15-8-11-24(12-15)17-6-4-5-9-19-17/h4-6,9,15H,7-8,10-12H2,1-3H3,(H2,20,21,25)/t15-/m1/s1. The Hall–Kier alpha value is -2.57. The fraction of sp³-hybridized carbons (Fsp3) is 0.500. The summed E-state index contributed by atoms with van der Waals surface area (Å²) >= 11 is 0. The molecule has 0 aliphatic carbocycles. The number of anilines is 1. The molecule has 3 rings (SSSR count). The molecular formula is C18H26N6O. The van der Waals surface area contributed by atoms with Gasteiger partial charge in [0.25, 0.3) is 0 Å². The highest BCUT2D eigenvalue weighted by Gasteiger charge is 2.24. The highest BCUT2D eigenvalue weighted by Crippen LogP contribution is 2.17. The highest BCUT2D eigenvalue weighted by atomic mass is 16.2. The molecule has 7 nitrogen and oxygen atoms in total. The summed E-state index contributed by atoms with van der Waals surface area (Å²) in [5, 5.41) is 10.4. The zero-order valence-corrected chi connectivity index (χ0v) is 15.1. The van der Waals surface area contributed by atoms with Gasteiger partial charge in [-0.2, -0.15) is 5.10 Å². The van der Waals surface area contributed by atoms with Crippen LogP contribution in [-0.4, -0.2) is 46.5 Å².